The van der Waals surface area contributed by atoms with E-state index in [-0.39, 0.29) is 18.4 Å². The largest absolute Gasteiger partial charge is 0.490 e. The molecule has 0 saturated carbocycles. The van der Waals surface area contributed by atoms with Crippen LogP contribution in [0, 0.1) is 0 Å². The average Bonchev–Trinajstić information content (AvgIpc) is 3.03. The number of nitrogens with zero attached hydrogens (tertiary/aromatic N) is 1. The van der Waals surface area contributed by atoms with Crippen molar-refractivity contribution < 1.29 is 19.1 Å². The molecule has 3 rings (SSSR count). The lowest BCUT2D eigenvalue weighted by Crippen LogP contribution is -2.28. The fraction of sp³-hybridized carbons (Fsp3) is 0.292. The molecule has 0 aliphatic carbocycles. The van der Waals surface area contributed by atoms with E-state index < -0.39 is 0 Å². The Hall–Kier alpha value is -2.26. The minimum Gasteiger partial charge on any atom is -0.490 e. The first-order valence-corrected chi connectivity index (χ1v) is 12.7. The highest BCUT2D eigenvalue weighted by Gasteiger charge is 2.31. The Kier molecular flexibility index (Phi) is 9.64. The molecule has 34 heavy (non-hydrogen) atoms. The normalized spacial score (nSPS) is 14.6. The van der Waals surface area contributed by atoms with Crippen LogP contribution in [0.1, 0.15) is 32.3 Å². The minimum absolute atomic E-state index is 0.0838. The Morgan fingerprint density at radius 1 is 1.12 bits per heavy atom. The van der Waals surface area contributed by atoms with E-state index >= 15 is 0 Å². The third-order valence-electron chi connectivity index (χ3n) is 4.68. The molecule has 10 heteroatoms. The van der Waals surface area contributed by atoms with Crippen LogP contribution >= 0.6 is 47.2 Å². The molecule has 1 N–H and O–H groups in total. The predicted molar refractivity (Wildman–Crippen MR) is 143 cm³/mol. The molecule has 1 heterocycles. The summed E-state index contributed by atoms with van der Waals surface area (Å²) in [6.45, 7) is 4.72. The van der Waals surface area contributed by atoms with E-state index in [4.69, 9.17) is 44.9 Å². The lowest BCUT2D eigenvalue weighted by molar-refractivity contribution is -0.122. The van der Waals surface area contributed by atoms with Gasteiger partial charge in [-0.05, 0) is 55.3 Å². The van der Waals surface area contributed by atoms with Gasteiger partial charge in [-0.15, -0.1) is 0 Å². The number of halogens is 2. The van der Waals surface area contributed by atoms with E-state index in [1.807, 2.05) is 6.92 Å². The lowest BCUT2D eigenvalue weighted by atomic mass is 10.2. The number of ether oxygens (including phenoxy) is 2. The summed E-state index contributed by atoms with van der Waals surface area (Å²) in [6.07, 6.45) is 3.67. The summed E-state index contributed by atoms with van der Waals surface area (Å²) in [4.78, 5) is 27.2. The maximum atomic E-state index is 12.7. The Morgan fingerprint density at radius 3 is 2.53 bits per heavy atom. The maximum absolute atomic E-state index is 12.7. The van der Waals surface area contributed by atoms with Crippen LogP contribution in [0.25, 0.3) is 6.08 Å². The zero-order valence-electron chi connectivity index (χ0n) is 18.7. The standard InChI is InChI=1S/C24H24Cl2N2O4S2/c1-3-5-8-28-23(30)21(34-24(28)33)10-15-6-7-19(20(9-15)31-4-2)32-14-22(29)27-18-12-16(25)11-17(26)13-18/h6-7,9-13H,3-5,8,14H2,1-2H3,(H,27,29)/b21-10-. The molecule has 0 radical (unpaired) electrons. The summed E-state index contributed by atoms with van der Waals surface area (Å²) < 4.78 is 12.0. The zero-order chi connectivity index (χ0) is 24.7. The molecule has 2 amide bonds. The van der Waals surface area contributed by atoms with Crippen molar-refractivity contribution in [1.29, 1.82) is 0 Å². The van der Waals surface area contributed by atoms with Gasteiger partial charge in [0.05, 0.1) is 11.5 Å². The molecule has 0 atom stereocenters. The quantitative estimate of drug-likeness (QED) is 0.278. The second-order valence-electron chi connectivity index (χ2n) is 7.32. The van der Waals surface area contributed by atoms with E-state index in [0.717, 1.165) is 18.4 Å². The second kappa shape index (κ2) is 12.4. The molecule has 2 aromatic rings. The van der Waals surface area contributed by atoms with Crippen molar-refractivity contribution in [2.75, 3.05) is 25.1 Å². The zero-order valence-corrected chi connectivity index (χ0v) is 21.9. The molecule has 0 aromatic heterocycles. The molecule has 2 aromatic carbocycles. The summed E-state index contributed by atoms with van der Waals surface area (Å²) in [5, 5.41) is 3.53. The van der Waals surface area contributed by atoms with Crippen LogP contribution in [0.4, 0.5) is 5.69 Å². The summed E-state index contributed by atoms with van der Waals surface area (Å²) >= 11 is 18.6. The van der Waals surface area contributed by atoms with Crippen molar-refractivity contribution >= 4 is 75.1 Å². The van der Waals surface area contributed by atoms with Crippen LogP contribution in [0.15, 0.2) is 41.3 Å². The van der Waals surface area contributed by atoms with Crippen molar-refractivity contribution in [3.8, 4) is 11.5 Å². The number of carbonyl (C=O) groups is 2. The lowest BCUT2D eigenvalue weighted by Gasteiger charge is -2.13. The highest BCUT2D eigenvalue weighted by molar-refractivity contribution is 8.26. The Bertz CT molecular complexity index is 1100. The monoisotopic (exact) mass is 538 g/mol. The van der Waals surface area contributed by atoms with Gasteiger partial charge in [0.15, 0.2) is 18.1 Å². The molecule has 1 fully saturated rings. The number of amides is 2. The molecular formula is C24H24Cl2N2O4S2. The number of anilines is 1. The highest BCUT2D eigenvalue weighted by Crippen LogP contribution is 2.35. The van der Waals surface area contributed by atoms with E-state index in [1.165, 1.54) is 11.8 Å². The highest BCUT2D eigenvalue weighted by atomic mass is 35.5. The summed E-state index contributed by atoms with van der Waals surface area (Å²) in [7, 11) is 0. The van der Waals surface area contributed by atoms with Crippen LogP contribution in [-0.2, 0) is 9.59 Å². The van der Waals surface area contributed by atoms with Crippen molar-refractivity contribution in [3.63, 3.8) is 0 Å². The fourth-order valence-corrected chi connectivity index (χ4v) is 4.96. The third kappa shape index (κ3) is 7.12. The summed E-state index contributed by atoms with van der Waals surface area (Å²) in [5.74, 6) is 0.422. The molecule has 0 unspecified atom stereocenters. The first kappa shape index (κ1) is 26.3. The SMILES string of the molecule is CCCCN1C(=O)/C(=C/c2ccc(OCC(=O)Nc3cc(Cl)cc(Cl)c3)c(OCC)c2)SC1=S. The number of hydrogen-bond acceptors (Lipinski definition) is 6. The first-order valence-electron chi connectivity index (χ1n) is 10.7. The topological polar surface area (TPSA) is 67.9 Å². The van der Waals surface area contributed by atoms with Crippen LogP contribution in [0.3, 0.4) is 0 Å². The summed E-state index contributed by atoms with van der Waals surface area (Å²) in [5.41, 5.74) is 1.24. The van der Waals surface area contributed by atoms with Crippen LogP contribution in [-0.4, -0.2) is 40.8 Å². The first-order chi connectivity index (χ1) is 16.3. The van der Waals surface area contributed by atoms with Gasteiger partial charge in [-0.25, -0.2) is 0 Å². The van der Waals surface area contributed by atoms with Crippen molar-refractivity contribution in [2.45, 2.75) is 26.7 Å². The van der Waals surface area contributed by atoms with Gasteiger partial charge in [0.25, 0.3) is 11.8 Å². The van der Waals surface area contributed by atoms with Gasteiger partial charge in [0, 0.05) is 22.3 Å². The maximum Gasteiger partial charge on any atom is 0.266 e. The molecule has 1 saturated heterocycles. The van der Waals surface area contributed by atoms with Crippen molar-refractivity contribution in [3.05, 3.63) is 56.9 Å². The van der Waals surface area contributed by atoms with E-state index in [9.17, 15) is 9.59 Å². The average molecular weight is 540 g/mol. The van der Waals surface area contributed by atoms with Crippen LogP contribution in [0.5, 0.6) is 11.5 Å². The molecule has 1 aliphatic heterocycles. The third-order valence-corrected chi connectivity index (χ3v) is 6.49. The molecule has 180 valence electrons. The Morgan fingerprint density at radius 2 is 1.85 bits per heavy atom. The Balaban J connectivity index is 1.69. The van der Waals surface area contributed by atoms with Gasteiger partial charge >= 0.3 is 0 Å². The number of hydrogen-bond donors (Lipinski definition) is 1. The molecular weight excluding hydrogens is 515 g/mol. The molecule has 0 spiro atoms. The number of rotatable bonds is 10. The number of carbonyl (C=O) groups excluding carboxylic acids is 2. The number of thiocarbonyl (C=S) groups is 1. The number of nitrogens with one attached hydrogen (secondary N) is 1. The van der Waals surface area contributed by atoms with Crippen molar-refractivity contribution in [2.24, 2.45) is 0 Å². The van der Waals surface area contributed by atoms with Gasteiger partial charge in [-0.1, -0.05) is 66.6 Å². The van der Waals surface area contributed by atoms with Gasteiger partial charge in [0.1, 0.15) is 4.32 Å². The van der Waals surface area contributed by atoms with Gasteiger partial charge in [0.2, 0.25) is 0 Å². The molecule has 6 nitrogen and oxygen atoms in total. The number of unbranched alkanes of at least 4 members (excludes halogenated alkanes) is 1. The van der Waals surface area contributed by atoms with Crippen LogP contribution < -0.4 is 14.8 Å². The van der Waals surface area contributed by atoms with Crippen molar-refractivity contribution in [1.82, 2.24) is 4.90 Å². The predicted octanol–water partition coefficient (Wildman–Crippen LogP) is 6.41. The van der Waals surface area contributed by atoms with Crippen LogP contribution in [0.2, 0.25) is 10.0 Å². The van der Waals surface area contributed by atoms with Gasteiger partial charge in [-0.2, -0.15) is 0 Å². The number of benzene rings is 2. The second-order valence-corrected chi connectivity index (χ2v) is 9.87. The van der Waals surface area contributed by atoms with Gasteiger partial charge < -0.3 is 14.8 Å². The molecule has 1 aliphatic rings. The Labute approximate surface area is 218 Å². The van der Waals surface area contributed by atoms with E-state index in [2.05, 4.69) is 12.2 Å². The van der Waals surface area contributed by atoms with E-state index in [0.29, 0.717) is 49.6 Å². The smallest absolute Gasteiger partial charge is 0.266 e. The summed E-state index contributed by atoms with van der Waals surface area (Å²) in [6, 6.07) is 10.0. The number of thioether (sulfide) groups is 1. The van der Waals surface area contributed by atoms with E-state index in [1.54, 1.807) is 47.4 Å². The minimum atomic E-state index is -0.374. The van der Waals surface area contributed by atoms with Gasteiger partial charge in [-0.3, -0.25) is 14.5 Å². The fourth-order valence-electron chi connectivity index (χ4n) is 3.13. The molecule has 0 bridgehead atoms.